The minimum absolute atomic E-state index is 0.136. The number of carbonyl (C=O) groups is 1. The first-order valence-corrected chi connectivity index (χ1v) is 6.70. The zero-order chi connectivity index (χ0) is 14.4. The first kappa shape index (κ1) is 14.0. The number of nitrogens with zero attached hydrogens (tertiary/aromatic N) is 1. The Bertz CT molecular complexity index is 574. The summed E-state index contributed by atoms with van der Waals surface area (Å²) in [7, 11) is 0. The Morgan fingerprint density at radius 2 is 2.15 bits per heavy atom. The van der Waals surface area contributed by atoms with Gasteiger partial charge in [0.15, 0.2) is 0 Å². The molecule has 2 N–H and O–H groups in total. The molecule has 0 aromatic heterocycles. The fraction of sp³-hybridized carbons (Fsp3) is 0.375. The smallest absolute Gasteiger partial charge is 0.240 e. The van der Waals surface area contributed by atoms with Gasteiger partial charge in [-0.15, -0.1) is 6.42 Å². The van der Waals surface area contributed by atoms with E-state index in [0.29, 0.717) is 0 Å². The van der Waals surface area contributed by atoms with E-state index in [-0.39, 0.29) is 12.5 Å². The highest BCUT2D eigenvalue weighted by molar-refractivity contribution is 5.82. The van der Waals surface area contributed by atoms with Crippen LogP contribution >= 0.6 is 0 Å². The van der Waals surface area contributed by atoms with Crippen LogP contribution in [0.2, 0.25) is 0 Å². The standard InChI is InChI=1S/C16H17N3O/c1-2-13-6-5-7-14(10-13)18-11-15(20)19-16(12-17)8-3-4-9-16/h1,5-7,10,18H,3-4,8-9,11H2,(H,19,20). The minimum atomic E-state index is -0.667. The largest absolute Gasteiger partial charge is 0.376 e. The molecule has 1 aromatic rings. The fourth-order valence-corrected chi connectivity index (χ4v) is 2.46. The molecule has 0 atom stereocenters. The predicted octanol–water partition coefficient (Wildman–Crippen LogP) is 2.03. The fourth-order valence-electron chi connectivity index (χ4n) is 2.46. The molecule has 0 aliphatic heterocycles. The van der Waals surface area contributed by atoms with Crippen molar-refractivity contribution in [1.29, 1.82) is 5.26 Å². The number of hydrogen-bond donors (Lipinski definition) is 2. The van der Waals surface area contributed by atoms with E-state index in [2.05, 4.69) is 22.6 Å². The van der Waals surface area contributed by atoms with Gasteiger partial charge in [-0.1, -0.05) is 12.0 Å². The molecule has 1 saturated carbocycles. The van der Waals surface area contributed by atoms with Crippen molar-refractivity contribution in [1.82, 2.24) is 5.32 Å². The SMILES string of the molecule is C#Cc1cccc(NCC(=O)NC2(C#N)CCCC2)c1. The van der Waals surface area contributed by atoms with Gasteiger partial charge in [0.05, 0.1) is 12.6 Å². The van der Waals surface area contributed by atoms with Crippen LogP contribution in [0.3, 0.4) is 0 Å². The van der Waals surface area contributed by atoms with Gasteiger partial charge in [-0.2, -0.15) is 5.26 Å². The van der Waals surface area contributed by atoms with Crippen molar-refractivity contribution >= 4 is 11.6 Å². The molecule has 4 nitrogen and oxygen atoms in total. The summed E-state index contributed by atoms with van der Waals surface area (Å²) in [6.45, 7) is 0.136. The van der Waals surface area contributed by atoms with Crippen molar-refractivity contribution in [3.8, 4) is 18.4 Å². The highest BCUT2D eigenvalue weighted by Crippen LogP contribution is 2.28. The lowest BCUT2D eigenvalue weighted by Gasteiger charge is -2.22. The van der Waals surface area contributed by atoms with E-state index in [4.69, 9.17) is 6.42 Å². The van der Waals surface area contributed by atoms with E-state index in [1.165, 1.54) is 0 Å². The quantitative estimate of drug-likeness (QED) is 0.820. The highest BCUT2D eigenvalue weighted by Gasteiger charge is 2.35. The summed E-state index contributed by atoms with van der Waals surface area (Å²) in [5, 5.41) is 15.1. The number of anilines is 1. The van der Waals surface area contributed by atoms with Crippen LogP contribution < -0.4 is 10.6 Å². The molecule has 20 heavy (non-hydrogen) atoms. The molecule has 0 bridgehead atoms. The van der Waals surface area contributed by atoms with Gasteiger partial charge in [0, 0.05) is 11.3 Å². The van der Waals surface area contributed by atoms with Gasteiger partial charge in [-0.3, -0.25) is 4.79 Å². The summed E-state index contributed by atoms with van der Waals surface area (Å²) in [5.74, 6) is 2.38. The van der Waals surface area contributed by atoms with Crippen molar-refractivity contribution in [3.63, 3.8) is 0 Å². The van der Waals surface area contributed by atoms with Crippen LogP contribution in [-0.2, 0) is 4.79 Å². The molecule has 4 heteroatoms. The summed E-state index contributed by atoms with van der Waals surface area (Å²) in [6.07, 6.45) is 8.78. The van der Waals surface area contributed by atoms with E-state index in [9.17, 15) is 10.1 Å². The lowest BCUT2D eigenvalue weighted by atomic mass is 10.00. The Morgan fingerprint density at radius 1 is 1.40 bits per heavy atom. The molecular weight excluding hydrogens is 250 g/mol. The summed E-state index contributed by atoms with van der Waals surface area (Å²) >= 11 is 0. The Morgan fingerprint density at radius 3 is 2.80 bits per heavy atom. The van der Waals surface area contributed by atoms with Crippen LogP contribution in [0, 0.1) is 23.7 Å². The lowest BCUT2D eigenvalue weighted by molar-refractivity contribution is -0.120. The topological polar surface area (TPSA) is 64.9 Å². The highest BCUT2D eigenvalue weighted by atomic mass is 16.2. The second-order valence-electron chi connectivity index (χ2n) is 5.03. The number of carbonyl (C=O) groups excluding carboxylic acids is 1. The Balaban J connectivity index is 1.89. The third-order valence-electron chi connectivity index (χ3n) is 3.53. The zero-order valence-electron chi connectivity index (χ0n) is 11.3. The normalized spacial score (nSPS) is 15.9. The minimum Gasteiger partial charge on any atom is -0.376 e. The number of hydrogen-bond acceptors (Lipinski definition) is 3. The van der Waals surface area contributed by atoms with Gasteiger partial charge in [0.25, 0.3) is 0 Å². The molecule has 0 spiro atoms. The summed E-state index contributed by atoms with van der Waals surface area (Å²) < 4.78 is 0. The molecule has 1 aromatic carbocycles. The molecule has 1 aliphatic carbocycles. The molecule has 0 unspecified atom stereocenters. The molecule has 1 amide bonds. The van der Waals surface area contributed by atoms with Crippen LogP contribution in [-0.4, -0.2) is 18.0 Å². The lowest BCUT2D eigenvalue weighted by Crippen LogP contribution is -2.47. The van der Waals surface area contributed by atoms with Gasteiger partial charge in [-0.05, 0) is 43.9 Å². The number of rotatable bonds is 4. The number of amides is 1. The van der Waals surface area contributed by atoms with Crippen LogP contribution in [0.5, 0.6) is 0 Å². The van der Waals surface area contributed by atoms with Gasteiger partial charge < -0.3 is 10.6 Å². The average Bonchev–Trinajstić information content (AvgIpc) is 2.94. The Labute approximate surface area is 119 Å². The van der Waals surface area contributed by atoms with Gasteiger partial charge in [-0.25, -0.2) is 0 Å². The van der Waals surface area contributed by atoms with E-state index in [0.717, 1.165) is 36.9 Å². The Kier molecular flexibility index (Phi) is 4.27. The molecule has 2 rings (SSSR count). The van der Waals surface area contributed by atoms with E-state index in [1.807, 2.05) is 24.3 Å². The van der Waals surface area contributed by atoms with Crippen molar-refractivity contribution < 1.29 is 4.79 Å². The molecular formula is C16H17N3O. The maximum Gasteiger partial charge on any atom is 0.240 e. The average molecular weight is 267 g/mol. The number of nitriles is 1. The molecule has 1 aliphatic rings. The van der Waals surface area contributed by atoms with E-state index in [1.54, 1.807) is 0 Å². The Hall–Kier alpha value is -2.46. The second-order valence-corrected chi connectivity index (χ2v) is 5.03. The van der Waals surface area contributed by atoms with E-state index >= 15 is 0 Å². The van der Waals surface area contributed by atoms with Crippen LogP contribution in [0.15, 0.2) is 24.3 Å². The third-order valence-corrected chi connectivity index (χ3v) is 3.53. The maximum absolute atomic E-state index is 11.9. The summed E-state index contributed by atoms with van der Waals surface area (Å²) in [6, 6.07) is 9.56. The maximum atomic E-state index is 11.9. The first-order valence-electron chi connectivity index (χ1n) is 6.70. The van der Waals surface area contributed by atoms with Gasteiger partial charge in [0.1, 0.15) is 5.54 Å². The number of nitrogens with one attached hydrogen (secondary N) is 2. The van der Waals surface area contributed by atoms with E-state index < -0.39 is 5.54 Å². The van der Waals surface area contributed by atoms with Crippen molar-refractivity contribution in [2.24, 2.45) is 0 Å². The number of benzene rings is 1. The summed E-state index contributed by atoms with van der Waals surface area (Å²) in [5.41, 5.74) is 0.895. The second kappa shape index (κ2) is 6.12. The zero-order valence-corrected chi connectivity index (χ0v) is 11.3. The number of terminal acetylenes is 1. The van der Waals surface area contributed by atoms with Crippen molar-refractivity contribution in [2.75, 3.05) is 11.9 Å². The molecule has 0 saturated heterocycles. The van der Waals surface area contributed by atoms with Gasteiger partial charge >= 0.3 is 0 Å². The molecule has 102 valence electrons. The molecule has 1 fully saturated rings. The van der Waals surface area contributed by atoms with Crippen LogP contribution in [0.4, 0.5) is 5.69 Å². The van der Waals surface area contributed by atoms with Crippen molar-refractivity contribution in [2.45, 2.75) is 31.2 Å². The molecule has 0 radical (unpaired) electrons. The summed E-state index contributed by atoms with van der Waals surface area (Å²) in [4.78, 5) is 11.9. The van der Waals surface area contributed by atoms with Crippen LogP contribution in [0.1, 0.15) is 31.2 Å². The first-order chi connectivity index (χ1) is 9.67. The van der Waals surface area contributed by atoms with Gasteiger partial charge in [0.2, 0.25) is 5.91 Å². The van der Waals surface area contributed by atoms with Crippen molar-refractivity contribution in [3.05, 3.63) is 29.8 Å². The molecule has 0 heterocycles. The third kappa shape index (κ3) is 3.30. The van der Waals surface area contributed by atoms with Crippen LogP contribution in [0.25, 0.3) is 0 Å². The monoisotopic (exact) mass is 267 g/mol. The predicted molar refractivity (Wildman–Crippen MR) is 77.8 cm³/mol.